The third-order valence-electron chi connectivity index (χ3n) is 5.83. The van der Waals surface area contributed by atoms with Crippen molar-refractivity contribution >= 4 is 34.7 Å². The van der Waals surface area contributed by atoms with Crippen LogP contribution in [0.4, 0.5) is 18.9 Å². The number of aromatic nitrogens is 3. The Morgan fingerprint density at radius 2 is 1.94 bits per heavy atom. The lowest BCUT2D eigenvalue weighted by Gasteiger charge is -2.33. The molecule has 0 aromatic carbocycles. The molecule has 3 aromatic heterocycles. The van der Waals surface area contributed by atoms with E-state index >= 15 is 0 Å². The molecule has 0 spiro atoms. The number of H-pyrrole nitrogens is 1. The summed E-state index contributed by atoms with van der Waals surface area (Å²) < 4.78 is 42.2. The van der Waals surface area contributed by atoms with Crippen LogP contribution in [0.1, 0.15) is 40.4 Å². The molecule has 0 bridgehead atoms. The van der Waals surface area contributed by atoms with Crippen LogP contribution < -0.4 is 10.5 Å². The van der Waals surface area contributed by atoms with Crippen LogP contribution >= 0.6 is 11.6 Å². The molecule has 1 aliphatic heterocycles. The number of nitrogens with zero attached hydrogens (tertiary/aromatic N) is 4. The van der Waals surface area contributed by atoms with Gasteiger partial charge in [-0.05, 0) is 36.5 Å². The number of fused-ring (bicyclic) bond motifs is 1. The van der Waals surface area contributed by atoms with Crippen molar-refractivity contribution in [3.8, 4) is 0 Å². The monoisotopic (exact) mass is 479 g/mol. The van der Waals surface area contributed by atoms with Crippen LogP contribution in [-0.2, 0) is 11.0 Å². The molecule has 8 nitrogen and oxygen atoms in total. The van der Waals surface area contributed by atoms with Crippen molar-refractivity contribution in [1.82, 2.24) is 19.3 Å². The maximum absolute atomic E-state index is 13.7. The van der Waals surface area contributed by atoms with Crippen LogP contribution in [-0.4, -0.2) is 50.7 Å². The normalized spacial score (nSPS) is 17.2. The number of aromatic amines is 1. The van der Waals surface area contributed by atoms with Crippen molar-refractivity contribution in [3.05, 3.63) is 62.9 Å². The number of hydrogen-bond acceptors (Lipinski definition) is 4. The third-order valence-corrected chi connectivity index (χ3v) is 6.19. The molecular formula is C21H17ClF3N5O3. The lowest BCUT2D eigenvalue weighted by atomic mass is 10.1. The minimum Gasteiger partial charge on any atom is -0.327 e. The van der Waals surface area contributed by atoms with E-state index in [0.717, 1.165) is 23.3 Å². The molecule has 2 aliphatic rings. The molecule has 0 unspecified atom stereocenters. The maximum Gasteiger partial charge on any atom is 0.419 e. The van der Waals surface area contributed by atoms with Gasteiger partial charge >= 0.3 is 6.18 Å². The molecule has 1 aliphatic carbocycles. The van der Waals surface area contributed by atoms with E-state index in [1.165, 1.54) is 34.3 Å². The summed E-state index contributed by atoms with van der Waals surface area (Å²) in [7, 11) is 0. The summed E-state index contributed by atoms with van der Waals surface area (Å²) in [6.45, 7) is -0.0454. The van der Waals surface area contributed by atoms with Gasteiger partial charge in [-0.3, -0.25) is 18.8 Å². The van der Waals surface area contributed by atoms with Crippen LogP contribution in [0.5, 0.6) is 0 Å². The Morgan fingerprint density at radius 3 is 2.55 bits per heavy atom. The van der Waals surface area contributed by atoms with E-state index in [4.69, 9.17) is 11.6 Å². The van der Waals surface area contributed by atoms with E-state index < -0.39 is 29.2 Å². The first-order chi connectivity index (χ1) is 15.6. The highest BCUT2D eigenvalue weighted by Crippen LogP contribution is 2.43. The summed E-state index contributed by atoms with van der Waals surface area (Å²) in [5, 5.41) is -0.224. The number of piperazine rings is 1. The van der Waals surface area contributed by atoms with Crippen molar-refractivity contribution in [3.63, 3.8) is 0 Å². The predicted octanol–water partition coefficient (Wildman–Crippen LogP) is 3.06. The second-order valence-corrected chi connectivity index (χ2v) is 8.45. The van der Waals surface area contributed by atoms with Gasteiger partial charge in [0.25, 0.3) is 5.91 Å². The van der Waals surface area contributed by atoms with Crippen LogP contribution in [0.3, 0.4) is 0 Å². The van der Waals surface area contributed by atoms with Gasteiger partial charge in [0.2, 0.25) is 11.5 Å². The lowest BCUT2D eigenvalue weighted by Crippen LogP contribution is -2.52. The number of imidazole rings is 1. The number of amides is 2. The summed E-state index contributed by atoms with van der Waals surface area (Å²) in [6, 6.07) is 3.84. The molecule has 1 saturated carbocycles. The first-order valence-corrected chi connectivity index (χ1v) is 10.6. The van der Waals surface area contributed by atoms with Crippen molar-refractivity contribution in [2.24, 2.45) is 0 Å². The zero-order chi connectivity index (χ0) is 23.5. The fourth-order valence-electron chi connectivity index (χ4n) is 3.96. The van der Waals surface area contributed by atoms with Gasteiger partial charge in [-0.1, -0.05) is 11.6 Å². The number of alkyl halides is 3. The Labute approximate surface area is 189 Å². The highest BCUT2D eigenvalue weighted by Gasteiger charge is 2.38. The quantitative estimate of drug-likeness (QED) is 0.625. The van der Waals surface area contributed by atoms with Gasteiger partial charge < -0.3 is 14.8 Å². The summed E-state index contributed by atoms with van der Waals surface area (Å²) in [6.07, 6.45) is -0.189. The lowest BCUT2D eigenvalue weighted by molar-refractivity contribution is -0.136. The Hall–Kier alpha value is -3.34. The highest BCUT2D eigenvalue weighted by atomic mass is 35.5. The Balaban J connectivity index is 1.45. The number of anilines is 1. The second kappa shape index (κ2) is 7.62. The van der Waals surface area contributed by atoms with Crippen LogP contribution in [0.2, 0.25) is 5.15 Å². The van der Waals surface area contributed by atoms with Crippen LogP contribution in [0.25, 0.3) is 5.65 Å². The molecule has 0 atom stereocenters. The number of pyridine rings is 2. The minimum absolute atomic E-state index is 0.0340. The summed E-state index contributed by atoms with van der Waals surface area (Å²) in [5.41, 5.74) is -1.08. The average molecular weight is 480 g/mol. The van der Waals surface area contributed by atoms with E-state index in [1.54, 1.807) is 0 Å². The molecule has 2 fully saturated rings. The van der Waals surface area contributed by atoms with E-state index in [9.17, 15) is 27.6 Å². The van der Waals surface area contributed by atoms with E-state index in [0.29, 0.717) is 11.3 Å². The third kappa shape index (κ3) is 3.86. The fourth-order valence-corrected chi connectivity index (χ4v) is 4.21. The van der Waals surface area contributed by atoms with Gasteiger partial charge in [0, 0.05) is 31.5 Å². The molecule has 4 heterocycles. The van der Waals surface area contributed by atoms with Gasteiger partial charge in [0.1, 0.15) is 11.7 Å². The highest BCUT2D eigenvalue weighted by molar-refractivity contribution is 6.33. The average Bonchev–Trinajstić information content (AvgIpc) is 3.57. The predicted molar refractivity (Wildman–Crippen MR) is 112 cm³/mol. The standard InChI is InChI=1S/C21H17ClF3N5O3/c22-18-17(27-19-14(21(23,24)25)7-12(9-30(18)19)11-1-2-11)20(33)28-5-6-29(16(32)10-28)13-3-4-15(31)26-8-13/h3-4,7-9,11H,1-2,5-6,10H2,(H,26,31). The Kier molecular flexibility index (Phi) is 4.96. The van der Waals surface area contributed by atoms with Crippen molar-refractivity contribution in [1.29, 1.82) is 0 Å². The SMILES string of the molecule is O=C(c1nc2c(C(F)(F)F)cc(C3CC3)cn2c1Cl)N1CCN(c2ccc(=O)[nH]c2)C(=O)C1. The van der Waals surface area contributed by atoms with Crippen molar-refractivity contribution < 1.29 is 22.8 Å². The number of nitrogens with one attached hydrogen (secondary N) is 1. The topological polar surface area (TPSA) is 90.8 Å². The molecule has 3 aromatic rings. The largest absolute Gasteiger partial charge is 0.419 e. The van der Waals surface area contributed by atoms with E-state index in [2.05, 4.69) is 9.97 Å². The number of hydrogen-bond donors (Lipinski definition) is 1. The molecule has 33 heavy (non-hydrogen) atoms. The zero-order valence-corrected chi connectivity index (χ0v) is 17.8. The minimum atomic E-state index is -4.67. The number of rotatable bonds is 3. The molecule has 1 saturated heterocycles. The first-order valence-electron chi connectivity index (χ1n) is 10.2. The number of halogens is 4. The molecule has 0 radical (unpaired) electrons. The molecular weight excluding hydrogens is 463 g/mol. The molecule has 2 amide bonds. The Morgan fingerprint density at radius 1 is 1.18 bits per heavy atom. The number of carbonyl (C=O) groups excluding carboxylic acids is 2. The summed E-state index contributed by atoms with van der Waals surface area (Å²) in [4.78, 5) is 46.0. The molecule has 1 N–H and O–H groups in total. The van der Waals surface area contributed by atoms with Crippen molar-refractivity contribution in [2.45, 2.75) is 24.9 Å². The van der Waals surface area contributed by atoms with Gasteiger partial charge in [-0.15, -0.1) is 0 Å². The molecule has 172 valence electrons. The smallest absolute Gasteiger partial charge is 0.327 e. The van der Waals surface area contributed by atoms with Crippen molar-refractivity contribution in [2.75, 3.05) is 24.5 Å². The van der Waals surface area contributed by atoms with E-state index in [-0.39, 0.29) is 42.0 Å². The van der Waals surface area contributed by atoms with Gasteiger partial charge in [0.15, 0.2) is 11.3 Å². The van der Waals surface area contributed by atoms with Crippen LogP contribution in [0, 0.1) is 0 Å². The van der Waals surface area contributed by atoms with E-state index in [1.807, 2.05) is 0 Å². The second-order valence-electron chi connectivity index (χ2n) is 8.09. The van der Waals surface area contributed by atoms with Crippen LogP contribution in [0.15, 0.2) is 35.4 Å². The number of carbonyl (C=O) groups is 2. The maximum atomic E-state index is 13.7. The van der Waals surface area contributed by atoms with Gasteiger partial charge in [-0.25, -0.2) is 4.98 Å². The van der Waals surface area contributed by atoms with Gasteiger partial charge in [-0.2, -0.15) is 13.2 Å². The van der Waals surface area contributed by atoms with Gasteiger partial charge in [0.05, 0.1) is 11.3 Å². The fraction of sp³-hybridized carbons (Fsp3) is 0.333. The molecule has 12 heteroatoms. The summed E-state index contributed by atoms with van der Waals surface area (Å²) >= 11 is 6.32. The zero-order valence-electron chi connectivity index (χ0n) is 17.0. The Bertz CT molecular complexity index is 1320. The summed E-state index contributed by atoms with van der Waals surface area (Å²) in [5.74, 6) is -1.10. The first kappa shape index (κ1) is 21.5. The molecule has 5 rings (SSSR count).